The van der Waals surface area contributed by atoms with E-state index in [4.69, 9.17) is 4.74 Å². The molecule has 0 bridgehead atoms. The van der Waals surface area contributed by atoms with Crippen LogP contribution in [0.4, 0.5) is 0 Å². The molecule has 0 aliphatic carbocycles. The van der Waals surface area contributed by atoms with Crippen molar-refractivity contribution < 1.29 is 9.53 Å². The fourth-order valence-electron chi connectivity index (χ4n) is 3.80. The van der Waals surface area contributed by atoms with Crippen LogP contribution in [0, 0.1) is 11.3 Å². The zero-order valence-corrected chi connectivity index (χ0v) is 13.4. The van der Waals surface area contributed by atoms with E-state index in [0.717, 1.165) is 45.7 Å². The summed E-state index contributed by atoms with van der Waals surface area (Å²) in [6.45, 7) is 4.22. The molecule has 2 aliphatic rings. The molecule has 1 unspecified atom stereocenters. The number of rotatable bonds is 3. The Bertz CT molecular complexity index is 514. The summed E-state index contributed by atoms with van der Waals surface area (Å²) in [5, 5.41) is 0. The van der Waals surface area contributed by atoms with Crippen molar-refractivity contribution in [2.24, 2.45) is 11.3 Å². The van der Waals surface area contributed by atoms with Gasteiger partial charge in [0, 0.05) is 45.2 Å². The molecule has 1 spiro atoms. The summed E-state index contributed by atoms with van der Waals surface area (Å²) in [7, 11) is 4.19. The van der Waals surface area contributed by atoms with Crippen molar-refractivity contribution in [1.29, 1.82) is 0 Å². The number of nitrogens with zero attached hydrogens (tertiary/aromatic N) is 4. The Balaban J connectivity index is 1.79. The minimum absolute atomic E-state index is 0.000206. The van der Waals surface area contributed by atoms with E-state index >= 15 is 0 Å². The largest absolute Gasteiger partial charge is 0.381 e. The van der Waals surface area contributed by atoms with E-state index in [1.54, 1.807) is 18.6 Å². The van der Waals surface area contributed by atoms with Crippen LogP contribution in [0.5, 0.6) is 0 Å². The lowest BCUT2D eigenvalue weighted by molar-refractivity contribution is -0.00453. The summed E-state index contributed by atoms with van der Waals surface area (Å²) >= 11 is 0. The molecule has 2 fully saturated rings. The first kappa shape index (κ1) is 15.4. The summed E-state index contributed by atoms with van der Waals surface area (Å²) < 4.78 is 5.55. The molecule has 6 nitrogen and oxygen atoms in total. The maximum absolute atomic E-state index is 12.7. The van der Waals surface area contributed by atoms with Crippen LogP contribution in [0.15, 0.2) is 18.6 Å². The molecule has 120 valence electrons. The smallest absolute Gasteiger partial charge is 0.274 e. The molecule has 2 saturated heterocycles. The van der Waals surface area contributed by atoms with E-state index in [-0.39, 0.29) is 11.3 Å². The Labute approximate surface area is 131 Å². The van der Waals surface area contributed by atoms with Gasteiger partial charge in [0.25, 0.3) is 5.91 Å². The first-order chi connectivity index (χ1) is 10.6. The molecule has 0 aromatic carbocycles. The number of amides is 1. The van der Waals surface area contributed by atoms with E-state index in [2.05, 4.69) is 29.0 Å². The van der Waals surface area contributed by atoms with Gasteiger partial charge in [-0.1, -0.05) is 0 Å². The highest BCUT2D eigenvalue weighted by atomic mass is 16.5. The van der Waals surface area contributed by atoms with E-state index in [0.29, 0.717) is 11.6 Å². The number of carbonyl (C=O) groups is 1. The van der Waals surface area contributed by atoms with Gasteiger partial charge in [-0.2, -0.15) is 0 Å². The molecule has 0 saturated carbocycles. The van der Waals surface area contributed by atoms with Gasteiger partial charge in [0.05, 0.1) is 6.20 Å². The first-order valence-electron chi connectivity index (χ1n) is 7.88. The molecule has 1 aromatic rings. The fraction of sp³-hybridized carbons (Fsp3) is 0.688. The summed E-state index contributed by atoms with van der Waals surface area (Å²) in [4.78, 5) is 25.0. The predicted octanol–water partition coefficient (Wildman–Crippen LogP) is 0.907. The molecule has 6 heteroatoms. The van der Waals surface area contributed by atoms with Crippen molar-refractivity contribution in [3.63, 3.8) is 0 Å². The van der Waals surface area contributed by atoms with Crippen molar-refractivity contribution in [3.05, 3.63) is 24.3 Å². The second-order valence-corrected chi connectivity index (χ2v) is 6.71. The molecule has 3 heterocycles. The highest BCUT2D eigenvalue weighted by Gasteiger charge is 2.48. The van der Waals surface area contributed by atoms with Crippen molar-refractivity contribution in [1.82, 2.24) is 19.8 Å². The normalized spacial score (nSPS) is 24.1. The predicted molar refractivity (Wildman–Crippen MR) is 82.5 cm³/mol. The zero-order valence-electron chi connectivity index (χ0n) is 13.4. The maximum Gasteiger partial charge on any atom is 0.274 e. The summed E-state index contributed by atoms with van der Waals surface area (Å²) in [6.07, 6.45) is 6.80. The summed E-state index contributed by atoms with van der Waals surface area (Å²) in [5.74, 6) is 0.493. The number of ether oxygens (including phenoxy) is 1. The Kier molecular flexibility index (Phi) is 4.40. The van der Waals surface area contributed by atoms with Crippen LogP contribution in [0.2, 0.25) is 0 Å². The van der Waals surface area contributed by atoms with Crippen molar-refractivity contribution in [2.45, 2.75) is 12.8 Å². The average molecular weight is 304 g/mol. The SMILES string of the molecule is CN(C)CC1CN(C(=O)c2cnccn2)CC12CCOCC2. The van der Waals surface area contributed by atoms with Crippen molar-refractivity contribution >= 4 is 5.91 Å². The third kappa shape index (κ3) is 2.98. The molecule has 1 amide bonds. The lowest BCUT2D eigenvalue weighted by Crippen LogP contribution is -2.40. The molecule has 22 heavy (non-hydrogen) atoms. The highest BCUT2D eigenvalue weighted by Crippen LogP contribution is 2.44. The quantitative estimate of drug-likeness (QED) is 0.830. The third-order valence-electron chi connectivity index (χ3n) is 4.96. The van der Waals surface area contributed by atoms with Gasteiger partial charge in [-0.3, -0.25) is 9.78 Å². The fourth-order valence-corrected chi connectivity index (χ4v) is 3.80. The van der Waals surface area contributed by atoms with Crippen LogP contribution in [0.25, 0.3) is 0 Å². The lowest BCUT2D eigenvalue weighted by atomic mass is 9.72. The monoisotopic (exact) mass is 304 g/mol. The van der Waals surface area contributed by atoms with Gasteiger partial charge in [-0.15, -0.1) is 0 Å². The minimum Gasteiger partial charge on any atom is -0.381 e. The molecular weight excluding hydrogens is 280 g/mol. The van der Waals surface area contributed by atoms with Gasteiger partial charge < -0.3 is 14.5 Å². The number of hydrogen-bond donors (Lipinski definition) is 0. The van der Waals surface area contributed by atoms with Crippen molar-refractivity contribution in [2.75, 3.05) is 46.9 Å². The topological polar surface area (TPSA) is 58.6 Å². The Hall–Kier alpha value is -1.53. The minimum atomic E-state index is 0.000206. The van der Waals surface area contributed by atoms with Crippen LogP contribution in [0.1, 0.15) is 23.3 Å². The van der Waals surface area contributed by atoms with E-state index in [1.165, 1.54) is 0 Å². The number of carbonyl (C=O) groups excluding carboxylic acids is 1. The molecule has 0 radical (unpaired) electrons. The summed E-state index contributed by atoms with van der Waals surface area (Å²) in [6, 6.07) is 0. The van der Waals surface area contributed by atoms with Gasteiger partial charge >= 0.3 is 0 Å². The average Bonchev–Trinajstić information content (AvgIpc) is 2.85. The van der Waals surface area contributed by atoms with Crippen LogP contribution >= 0.6 is 0 Å². The first-order valence-corrected chi connectivity index (χ1v) is 7.88. The van der Waals surface area contributed by atoms with Crippen LogP contribution in [0.3, 0.4) is 0 Å². The van der Waals surface area contributed by atoms with Crippen LogP contribution in [-0.4, -0.2) is 72.6 Å². The second-order valence-electron chi connectivity index (χ2n) is 6.71. The molecule has 1 aromatic heterocycles. The van der Waals surface area contributed by atoms with Crippen LogP contribution in [-0.2, 0) is 4.74 Å². The van der Waals surface area contributed by atoms with E-state index in [9.17, 15) is 4.79 Å². The number of likely N-dealkylation sites (tertiary alicyclic amines) is 1. The molecular formula is C16H24N4O2. The van der Waals surface area contributed by atoms with Gasteiger partial charge in [0.2, 0.25) is 0 Å². The van der Waals surface area contributed by atoms with E-state index in [1.807, 2.05) is 4.90 Å². The summed E-state index contributed by atoms with van der Waals surface area (Å²) in [5.41, 5.74) is 0.635. The zero-order chi connectivity index (χ0) is 15.6. The Morgan fingerprint density at radius 3 is 2.82 bits per heavy atom. The van der Waals surface area contributed by atoms with Gasteiger partial charge in [-0.25, -0.2) is 4.98 Å². The Morgan fingerprint density at radius 1 is 1.41 bits per heavy atom. The molecule has 2 aliphatic heterocycles. The molecule has 0 N–H and O–H groups in total. The standard InChI is InChI=1S/C16H24N4O2/c1-19(2)10-13-11-20(12-16(13)3-7-22-8-4-16)15(21)14-9-17-5-6-18-14/h5-6,9,13H,3-4,7-8,10-12H2,1-2H3. The maximum atomic E-state index is 12.7. The molecule has 1 atom stereocenters. The number of hydrogen-bond acceptors (Lipinski definition) is 5. The van der Waals surface area contributed by atoms with Gasteiger partial charge in [0.15, 0.2) is 0 Å². The number of aromatic nitrogens is 2. The third-order valence-corrected chi connectivity index (χ3v) is 4.96. The highest BCUT2D eigenvalue weighted by molar-refractivity contribution is 5.92. The van der Waals surface area contributed by atoms with E-state index < -0.39 is 0 Å². The van der Waals surface area contributed by atoms with Gasteiger partial charge in [0.1, 0.15) is 5.69 Å². The second kappa shape index (κ2) is 6.30. The van der Waals surface area contributed by atoms with Crippen LogP contribution < -0.4 is 0 Å². The lowest BCUT2D eigenvalue weighted by Gasteiger charge is -2.38. The van der Waals surface area contributed by atoms with Gasteiger partial charge in [-0.05, 0) is 38.3 Å². The molecule has 3 rings (SSSR count). The van der Waals surface area contributed by atoms with Crippen molar-refractivity contribution in [3.8, 4) is 0 Å². The Morgan fingerprint density at radius 2 is 2.18 bits per heavy atom.